The molecular weight excluding hydrogens is 358 g/mol. The summed E-state index contributed by atoms with van der Waals surface area (Å²) in [5.74, 6) is 1.27. The fourth-order valence-corrected chi connectivity index (χ4v) is 3.52. The van der Waals surface area contributed by atoms with Gasteiger partial charge in [-0.15, -0.1) is 0 Å². The molecule has 2 aliphatic rings. The number of benzene rings is 2. The molecule has 0 aliphatic carbocycles. The molecule has 7 nitrogen and oxygen atoms in total. The Kier molecular flexibility index (Phi) is 5.32. The lowest BCUT2D eigenvalue weighted by atomic mass is 10.1. The number of likely N-dealkylation sites (tertiary alicyclic amines) is 1. The van der Waals surface area contributed by atoms with E-state index in [1.165, 1.54) is 0 Å². The highest BCUT2D eigenvalue weighted by Gasteiger charge is 2.33. The molecule has 146 valence electrons. The fraction of sp³-hybridized carbons (Fsp3) is 0.333. The lowest BCUT2D eigenvalue weighted by Crippen LogP contribution is -2.49. The van der Waals surface area contributed by atoms with Gasteiger partial charge in [-0.3, -0.25) is 4.79 Å². The van der Waals surface area contributed by atoms with E-state index in [1.54, 1.807) is 4.90 Å². The van der Waals surface area contributed by atoms with E-state index in [9.17, 15) is 9.59 Å². The van der Waals surface area contributed by atoms with Crippen molar-refractivity contribution in [3.05, 3.63) is 59.7 Å². The van der Waals surface area contributed by atoms with Crippen LogP contribution >= 0.6 is 0 Å². The van der Waals surface area contributed by atoms with E-state index in [2.05, 4.69) is 10.6 Å². The predicted molar refractivity (Wildman–Crippen MR) is 103 cm³/mol. The topological polar surface area (TPSA) is 79.9 Å². The first-order chi connectivity index (χ1) is 13.7. The number of rotatable bonds is 5. The number of urea groups is 1. The van der Waals surface area contributed by atoms with Crippen molar-refractivity contribution in [3.8, 4) is 11.5 Å². The number of nitrogens with one attached hydrogen (secondary N) is 2. The maximum atomic E-state index is 12.7. The molecule has 1 saturated heterocycles. The third-order valence-electron chi connectivity index (χ3n) is 5.01. The number of hydrogen-bond acceptors (Lipinski definition) is 4. The van der Waals surface area contributed by atoms with Gasteiger partial charge in [0.1, 0.15) is 6.04 Å². The summed E-state index contributed by atoms with van der Waals surface area (Å²) in [5, 5.41) is 5.84. The van der Waals surface area contributed by atoms with Gasteiger partial charge >= 0.3 is 6.03 Å². The van der Waals surface area contributed by atoms with Crippen LogP contribution in [-0.4, -0.2) is 36.2 Å². The van der Waals surface area contributed by atoms with Crippen molar-refractivity contribution >= 4 is 11.9 Å². The SMILES string of the molecule is O=C(NCc1ccc2c(c1)OCO2)[C@@H]1CCCN1C(=O)NCc1ccccc1. The molecule has 2 aromatic rings. The van der Waals surface area contributed by atoms with Gasteiger partial charge in [-0.05, 0) is 36.1 Å². The van der Waals surface area contributed by atoms with Crippen LogP contribution in [0.15, 0.2) is 48.5 Å². The largest absolute Gasteiger partial charge is 0.454 e. The van der Waals surface area contributed by atoms with Crippen LogP contribution in [0.5, 0.6) is 11.5 Å². The molecule has 0 radical (unpaired) electrons. The van der Waals surface area contributed by atoms with Crippen molar-refractivity contribution in [1.29, 1.82) is 0 Å². The van der Waals surface area contributed by atoms with Crippen LogP contribution in [0, 0.1) is 0 Å². The minimum atomic E-state index is -0.440. The molecule has 0 unspecified atom stereocenters. The third kappa shape index (κ3) is 4.03. The predicted octanol–water partition coefficient (Wildman–Crippen LogP) is 2.41. The van der Waals surface area contributed by atoms with E-state index in [1.807, 2.05) is 48.5 Å². The van der Waals surface area contributed by atoms with E-state index in [-0.39, 0.29) is 18.7 Å². The average molecular weight is 381 g/mol. The van der Waals surface area contributed by atoms with Crippen LogP contribution in [0.3, 0.4) is 0 Å². The summed E-state index contributed by atoms with van der Waals surface area (Å²) in [7, 11) is 0. The first kappa shape index (κ1) is 18.2. The molecule has 2 N–H and O–H groups in total. The summed E-state index contributed by atoms with van der Waals surface area (Å²) < 4.78 is 10.7. The number of nitrogens with zero attached hydrogens (tertiary/aromatic N) is 1. The molecule has 2 heterocycles. The Morgan fingerprint density at radius 2 is 1.75 bits per heavy atom. The zero-order valence-electron chi connectivity index (χ0n) is 15.5. The average Bonchev–Trinajstić information content (AvgIpc) is 3.40. The number of ether oxygens (including phenoxy) is 2. The number of hydrogen-bond donors (Lipinski definition) is 2. The lowest BCUT2D eigenvalue weighted by Gasteiger charge is -2.24. The van der Waals surface area contributed by atoms with Crippen LogP contribution in [-0.2, 0) is 17.9 Å². The van der Waals surface area contributed by atoms with Gasteiger partial charge in [0.25, 0.3) is 0 Å². The van der Waals surface area contributed by atoms with Crippen LogP contribution in [0.25, 0.3) is 0 Å². The van der Waals surface area contributed by atoms with Gasteiger partial charge in [0.05, 0.1) is 0 Å². The fourth-order valence-electron chi connectivity index (χ4n) is 3.52. The Hall–Kier alpha value is -3.22. The first-order valence-corrected chi connectivity index (χ1v) is 9.45. The second-order valence-corrected chi connectivity index (χ2v) is 6.90. The summed E-state index contributed by atoms with van der Waals surface area (Å²) in [6.45, 7) is 1.64. The highest BCUT2D eigenvalue weighted by Crippen LogP contribution is 2.32. The molecule has 0 aromatic heterocycles. The standard InChI is InChI=1S/C21H23N3O4/c25-20(22-13-16-8-9-18-19(11-16)28-14-27-18)17-7-4-10-24(17)21(26)23-12-15-5-2-1-3-6-15/h1-3,5-6,8-9,11,17H,4,7,10,12-14H2,(H,22,25)(H,23,26)/t17-/m0/s1. The van der Waals surface area contributed by atoms with Crippen molar-refractivity contribution < 1.29 is 19.1 Å². The molecule has 0 spiro atoms. The summed E-state index contributed by atoms with van der Waals surface area (Å²) in [6.07, 6.45) is 1.49. The molecule has 28 heavy (non-hydrogen) atoms. The number of carbonyl (C=O) groups excluding carboxylic acids is 2. The van der Waals surface area contributed by atoms with Gasteiger partial charge in [0.2, 0.25) is 12.7 Å². The number of carbonyl (C=O) groups is 2. The molecule has 2 aliphatic heterocycles. The Bertz CT molecular complexity index is 856. The minimum Gasteiger partial charge on any atom is -0.454 e. The number of amides is 3. The van der Waals surface area contributed by atoms with Gasteiger partial charge < -0.3 is 25.0 Å². The Morgan fingerprint density at radius 3 is 2.61 bits per heavy atom. The van der Waals surface area contributed by atoms with Gasteiger partial charge in [0.15, 0.2) is 11.5 Å². The van der Waals surface area contributed by atoms with Gasteiger partial charge in [-0.2, -0.15) is 0 Å². The monoisotopic (exact) mass is 381 g/mol. The van der Waals surface area contributed by atoms with Crippen LogP contribution in [0.2, 0.25) is 0 Å². The first-order valence-electron chi connectivity index (χ1n) is 9.45. The van der Waals surface area contributed by atoms with Gasteiger partial charge in [-0.1, -0.05) is 36.4 Å². The van der Waals surface area contributed by atoms with E-state index >= 15 is 0 Å². The van der Waals surface area contributed by atoms with Crippen molar-refractivity contribution in [1.82, 2.24) is 15.5 Å². The Labute approximate surface area is 163 Å². The molecule has 1 atom stereocenters. The molecule has 7 heteroatoms. The van der Waals surface area contributed by atoms with Gasteiger partial charge in [0, 0.05) is 19.6 Å². The van der Waals surface area contributed by atoms with E-state index in [4.69, 9.17) is 9.47 Å². The number of fused-ring (bicyclic) bond motifs is 1. The highest BCUT2D eigenvalue weighted by atomic mass is 16.7. The quantitative estimate of drug-likeness (QED) is 0.834. The molecule has 0 bridgehead atoms. The van der Waals surface area contributed by atoms with Crippen molar-refractivity contribution in [2.45, 2.75) is 32.0 Å². The van der Waals surface area contributed by atoms with Crippen molar-refractivity contribution in [2.24, 2.45) is 0 Å². The highest BCUT2D eigenvalue weighted by molar-refractivity contribution is 5.87. The smallest absolute Gasteiger partial charge is 0.318 e. The summed E-state index contributed by atoms with van der Waals surface area (Å²) in [6, 6.07) is 14.7. The summed E-state index contributed by atoms with van der Waals surface area (Å²) in [4.78, 5) is 26.8. The molecule has 2 aromatic carbocycles. The third-order valence-corrected chi connectivity index (χ3v) is 5.01. The van der Waals surface area contributed by atoms with E-state index in [0.717, 1.165) is 17.5 Å². The molecule has 4 rings (SSSR count). The molecule has 1 fully saturated rings. The zero-order valence-corrected chi connectivity index (χ0v) is 15.5. The molecular formula is C21H23N3O4. The van der Waals surface area contributed by atoms with Crippen LogP contribution in [0.4, 0.5) is 4.79 Å². The van der Waals surface area contributed by atoms with Crippen molar-refractivity contribution in [2.75, 3.05) is 13.3 Å². The van der Waals surface area contributed by atoms with Crippen LogP contribution in [0.1, 0.15) is 24.0 Å². The van der Waals surface area contributed by atoms with Crippen LogP contribution < -0.4 is 20.1 Å². The van der Waals surface area contributed by atoms with E-state index < -0.39 is 6.04 Å². The minimum absolute atomic E-state index is 0.134. The Morgan fingerprint density at radius 1 is 0.964 bits per heavy atom. The summed E-state index contributed by atoms with van der Waals surface area (Å²) in [5.41, 5.74) is 1.95. The van der Waals surface area contributed by atoms with E-state index in [0.29, 0.717) is 37.6 Å². The maximum Gasteiger partial charge on any atom is 0.318 e. The maximum absolute atomic E-state index is 12.7. The second-order valence-electron chi connectivity index (χ2n) is 6.90. The van der Waals surface area contributed by atoms with Gasteiger partial charge in [-0.25, -0.2) is 4.79 Å². The van der Waals surface area contributed by atoms with Crippen molar-refractivity contribution in [3.63, 3.8) is 0 Å². The Balaban J connectivity index is 1.31. The molecule has 3 amide bonds. The zero-order chi connectivity index (χ0) is 19.3. The summed E-state index contributed by atoms with van der Waals surface area (Å²) >= 11 is 0. The second kappa shape index (κ2) is 8.21. The molecule has 0 saturated carbocycles. The normalized spacial score (nSPS) is 17.4. The lowest BCUT2D eigenvalue weighted by molar-refractivity contribution is -0.124.